The minimum Gasteiger partial charge on any atom is -0.354 e. The van der Waals surface area contributed by atoms with E-state index in [-0.39, 0.29) is 0 Å². The summed E-state index contributed by atoms with van der Waals surface area (Å²) in [6.07, 6.45) is 0.892. The minimum absolute atomic E-state index is 0.671. The van der Waals surface area contributed by atoms with Crippen molar-refractivity contribution in [1.82, 2.24) is 0 Å². The summed E-state index contributed by atoms with van der Waals surface area (Å²) in [5.74, 6) is 0. The van der Waals surface area contributed by atoms with E-state index in [0.29, 0.717) is 5.56 Å². The Morgan fingerprint density at radius 2 is 1.65 bits per heavy atom. The zero-order valence-corrected chi connectivity index (χ0v) is 11.3. The highest BCUT2D eigenvalue weighted by Crippen LogP contribution is 2.29. The van der Waals surface area contributed by atoms with Crippen molar-refractivity contribution >= 4 is 28.4 Å². The summed E-state index contributed by atoms with van der Waals surface area (Å²) >= 11 is 0. The highest BCUT2D eigenvalue weighted by molar-refractivity contribution is 6.03. The molecule has 0 fully saturated rings. The van der Waals surface area contributed by atoms with Crippen LogP contribution in [0.15, 0.2) is 60.7 Å². The molecule has 0 aliphatic heterocycles. The number of fused-ring (bicyclic) bond motifs is 1. The van der Waals surface area contributed by atoms with Crippen molar-refractivity contribution in [3.63, 3.8) is 0 Å². The lowest BCUT2D eigenvalue weighted by molar-refractivity contribution is 0.112. The highest BCUT2D eigenvalue weighted by Gasteiger charge is 2.07. The molecule has 98 valence electrons. The van der Waals surface area contributed by atoms with E-state index in [1.54, 1.807) is 0 Å². The number of hydrogen-bond donors (Lipinski definition) is 1. The number of anilines is 2. The molecule has 3 aromatic carbocycles. The first-order chi connectivity index (χ1) is 9.78. The van der Waals surface area contributed by atoms with Crippen LogP contribution in [0.3, 0.4) is 0 Å². The molecule has 20 heavy (non-hydrogen) atoms. The van der Waals surface area contributed by atoms with Crippen molar-refractivity contribution in [2.24, 2.45) is 0 Å². The molecule has 0 aromatic heterocycles. The predicted octanol–water partition coefficient (Wildman–Crippen LogP) is 4.70. The monoisotopic (exact) mass is 261 g/mol. The van der Waals surface area contributed by atoms with E-state index < -0.39 is 0 Å². The Bertz CT molecular complexity index is 760. The third kappa shape index (κ3) is 2.28. The summed E-state index contributed by atoms with van der Waals surface area (Å²) < 4.78 is 0. The van der Waals surface area contributed by atoms with E-state index in [1.807, 2.05) is 60.7 Å². The Morgan fingerprint density at radius 3 is 2.40 bits per heavy atom. The molecule has 1 N–H and O–H groups in total. The van der Waals surface area contributed by atoms with Crippen molar-refractivity contribution in [2.45, 2.75) is 6.92 Å². The first-order valence-corrected chi connectivity index (χ1v) is 6.58. The molecule has 2 nitrogen and oxygen atoms in total. The summed E-state index contributed by atoms with van der Waals surface area (Å²) in [5.41, 5.74) is 3.73. The third-order valence-corrected chi connectivity index (χ3v) is 3.41. The standard InChI is InChI=1S/C18H15NO/c1-13-6-10-16(11-7-13)19-18-15(12-20)9-8-14-4-2-3-5-17(14)18/h2-12,19H,1H3. The average molecular weight is 261 g/mol. The number of aldehydes is 1. The number of aryl methyl sites for hydroxylation is 1. The zero-order chi connectivity index (χ0) is 13.9. The molecular weight excluding hydrogens is 246 g/mol. The second-order valence-electron chi connectivity index (χ2n) is 4.86. The van der Waals surface area contributed by atoms with E-state index >= 15 is 0 Å². The second kappa shape index (κ2) is 5.17. The molecule has 0 heterocycles. The van der Waals surface area contributed by atoms with Gasteiger partial charge in [-0.15, -0.1) is 0 Å². The molecule has 3 rings (SSSR count). The number of carbonyl (C=O) groups excluding carboxylic acids is 1. The molecule has 0 aliphatic rings. The smallest absolute Gasteiger partial charge is 0.152 e. The first-order valence-electron chi connectivity index (χ1n) is 6.58. The number of rotatable bonds is 3. The summed E-state index contributed by atoms with van der Waals surface area (Å²) in [6, 6.07) is 20.0. The topological polar surface area (TPSA) is 29.1 Å². The van der Waals surface area contributed by atoms with Gasteiger partial charge in [-0.3, -0.25) is 4.79 Å². The van der Waals surface area contributed by atoms with E-state index in [2.05, 4.69) is 12.2 Å². The van der Waals surface area contributed by atoms with Gasteiger partial charge in [0.05, 0.1) is 5.69 Å². The predicted molar refractivity (Wildman–Crippen MR) is 83.8 cm³/mol. The van der Waals surface area contributed by atoms with Gasteiger partial charge in [0, 0.05) is 16.6 Å². The molecule has 0 bridgehead atoms. The summed E-state index contributed by atoms with van der Waals surface area (Å²) in [5, 5.41) is 5.53. The lowest BCUT2D eigenvalue weighted by Crippen LogP contribution is -1.96. The van der Waals surface area contributed by atoms with Crippen LogP contribution in [0.2, 0.25) is 0 Å². The molecular formula is C18H15NO. The quantitative estimate of drug-likeness (QED) is 0.692. The molecule has 3 aromatic rings. The Kier molecular flexibility index (Phi) is 3.21. The van der Waals surface area contributed by atoms with Crippen LogP contribution in [0.25, 0.3) is 10.8 Å². The van der Waals surface area contributed by atoms with Crippen LogP contribution in [0.4, 0.5) is 11.4 Å². The SMILES string of the molecule is Cc1ccc(Nc2c(C=O)ccc3ccccc23)cc1. The molecule has 0 radical (unpaired) electrons. The van der Waals surface area contributed by atoms with E-state index in [9.17, 15) is 4.79 Å². The van der Waals surface area contributed by atoms with Gasteiger partial charge in [-0.2, -0.15) is 0 Å². The van der Waals surface area contributed by atoms with Gasteiger partial charge in [-0.25, -0.2) is 0 Å². The molecule has 0 aliphatic carbocycles. The Labute approximate surface area is 118 Å². The van der Waals surface area contributed by atoms with Crippen LogP contribution < -0.4 is 5.32 Å². The Hall–Kier alpha value is -2.61. The molecule has 0 amide bonds. The lowest BCUT2D eigenvalue weighted by atomic mass is 10.0. The van der Waals surface area contributed by atoms with Crippen LogP contribution in [0.5, 0.6) is 0 Å². The van der Waals surface area contributed by atoms with Gasteiger partial charge in [0.2, 0.25) is 0 Å². The van der Waals surface area contributed by atoms with Crippen molar-refractivity contribution in [3.05, 3.63) is 71.8 Å². The largest absolute Gasteiger partial charge is 0.354 e. The molecule has 0 saturated carbocycles. The molecule has 0 unspecified atom stereocenters. The van der Waals surface area contributed by atoms with Crippen LogP contribution in [0, 0.1) is 6.92 Å². The summed E-state index contributed by atoms with van der Waals surface area (Å²) in [7, 11) is 0. The Balaban J connectivity index is 2.13. The number of hydrogen-bond acceptors (Lipinski definition) is 2. The molecule has 0 spiro atoms. The fraction of sp³-hybridized carbons (Fsp3) is 0.0556. The van der Waals surface area contributed by atoms with Gasteiger partial charge >= 0.3 is 0 Å². The van der Waals surface area contributed by atoms with Gasteiger partial charge < -0.3 is 5.32 Å². The molecule has 0 atom stereocenters. The van der Waals surface area contributed by atoms with Gasteiger partial charge in [0.25, 0.3) is 0 Å². The summed E-state index contributed by atoms with van der Waals surface area (Å²) in [4.78, 5) is 11.3. The van der Waals surface area contributed by atoms with E-state index in [0.717, 1.165) is 28.4 Å². The van der Waals surface area contributed by atoms with Crippen LogP contribution in [-0.4, -0.2) is 6.29 Å². The first kappa shape index (κ1) is 12.4. The van der Waals surface area contributed by atoms with Gasteiger partial charge in [-0.05, 0) is 30.5 Å². The maximum absolute atomic E-state index is 11.3. The molecule has 2 heteroatoms. The minimum atomic E-state index is 0.671. The maximum atomic E-state index is 11.3. The van der Waals surface area contributed by atoms with Crippen LogP contribution >= 0.6 is 0 Å². The fourth-order valence-electron chi connectivity index (χ4n) is 2.31. The van der Waals surface area contributed by atoms with Crippen molar-refractivity contribution in [1.29, 1.82) is 0 Å². The summed E-state index contributed by atoms with van der Waals surface area (Å²) in [6.45, 7) is 2.05. The van der Waals surface area contributed by atoms with Gasteiger partial charge in [-0.1, -0.05) is 48.0 Å². The lowest BCUT2D eigenvalue weighted by Gasteiger charge is -2.12. The van der Waals surface area contributed by atoms with Crippen LogP contribution in [0.1, 0.15) is 15.9 Å². The molecule has 0 saturated heterocycles. The Morgan fingerprint density at radius 1 is 0.900 bits per heavy atom. The van der Waals surface area contributed by atoms with Crippen molar-refractivity contribution in [2.75, 3.05) is 5.32 Å². The van der Waals surface area contributed by atoms with Crippen molar-refractivity contribution < 1.29 is 4.79 Å². The van der Waals surface area contributed by atoms with Gasteiger partial charge in [0.15, 0.2) is 6.29 Å². The zero-order valence-electron chi connectivity index (χ0n) is 11.3. The van der Waals surface area contributed by atoms with E-state index in [4.69, 9.17) is 0 Å². The third-order valence-electron chi connectivity index (χ3n) is 3.41. The van der Waals surface area contributed by atoms with Crippen molar-refractivity contribution in [3.8, 4) is 0 Å². The maximum Gasteiger partial charge on any atom is 0.152 e. The van der Waals surface area contributed by atoms with E-state index in [1.165, 1.54) is 5.56 Å². The van der Waals surface area contributed by atoms with Gasteiger partial charge in [0.1, 0.15) is 0 Å². The number of nitrogens with one attached hydrogen (secondary N) is 1. The number of carbonyl (C=O) groups is 1. The average Bonchev–Trinajstić information content (AvgIpc) is 2.50. The second-order valence-corrected chi connectivity index (χ2v) is 4.86. The normalized spacial score (nSPS) is 10.4. The fourth-order valence-corrected chi connectivity index (χ4v) is 2.31. The highest BCUT2D eigenvalue weighted by atomic mass is 16.1. The number of benzene rings is 3. The van der Waals surface area contributed by atoms with Crippen LogP contribution in [-0.2, 0) is 0 Å².